The maximum absolute atomic E-state index is 12.8. The van der Waals surface area contributed by atoms with Gasteiger partial charge in [0.25, 0.3) is 5.91 Å². The van der Waals surface area contributed by atoms with Crippen molar-refractivity contribution in [2.24, 2.45) is 5.92 Å². The van der Waals surface area contributed by atoms with Gasteiger partial charge < -0.3 is 19.7 Å². The van der Waals surface area contributed by atoms with Crippen molar-refractivity contribution >= 4 is 11.6 Å². The van der Waals surface area contributed by atoms with Crippen LogP contribution in [0.4, 0.5) is 5.69 Å². The van der Waals surface area contributed by atoms with Crippen LogP contribution in [-0.4, -0.2) is 32.2 Å². The first-order valence-corrected chi connectivity index (χ1v) is 11.0. The smallest absolute Gasteiger partial charge is 0.261 e. The van der Waals surface area contributed by atoms with Crippen LogP contribution < -0.4 is 19.7 Å². The SMILES string of the molecule is CCC(Oc1cccc(OC)c1)C(=O)NC(C)c1ccc(N2CCCC(C)C2)cc1. The van der Waals surface area contributed by atoms with Gasteiger partial charge in [0.1, 0.15) is 11.5 Å². The first kappa shape index (κ1) is 22.0. The highest BCUT2D eigenvalue weighted by molar-refractivity contribution is 5.81. The summed E-state index contributed by atoms with van der Waals surface area (Å²) in [5, 5.41) is 3.09. The number of nitrogens with one attached hydrogen (secondary N) is 1. The fourth-order valence-electron chi connectivity index (χ4n) is 3.95. The first-order valence-electron chi connectivity index (χ1n) is 11.0. The van der Waals surface area contributed by atoms with E-state index in [1.807, 2.05) is 32.0 Å². The van der Waals surface area contributed by atoms with E-state index in [0.717, 1.165) is 24.6 Å². The molecular weight excluding hydrogens is 376 g/mol. The number of anilines is 1. The minimum atomic E-state index is -0.548. The molecule has 1 saturated heterocycles. The predicted octanol–water partition coefficient (Wildman–Crippen LogP) is 4.97. The summed E-state index contributed by atoms with van der Waals surface area (Å²) in [6.07, 6.45) is 2.60. The molecule has 2 aromatic rings. The first-order chi connectivity index (χ1) is 14.5. The molecule has 5 nitrogen and oxygen atoms in total. The Bertz CT molecular complexity index is 821. The van der Waals surface area contributed by atoms with Gasteiger partial charge in [-0.2, -0.15) is 0 Å². The number of carbonyl (C=O) groups excluding carboxylic acids is 1. The molecule has 3 unspecified atom stereocenters. The van der Waals surface area contributed by atoms with Crippen molar-refractivity contribution in [3.05, 3.63) is 54.1 Å². The number of piperidine rings is 1. The van der Waals surface area contributed by atoms with E-state index >= 15 is 0 Å². The molecule has 1 heterocycles. The van der Waals surface area contributed by atoms with Gasteiger partial charge in [-0.15, -0.1) is 0 Å². The van der Waals surface area contributed by atoms with E-state index < -0.39 is 6.10 Å². The molecule has 3 atom stereocenters. The van der Waals surface area contributed by atoms with Crippen molar-refractivity contribution in [2.75, 3.05) is 25.1 Å². The lowest BCUT2D eigenvalue weighted by atomic mass is 9.99. The molecule has 0 aliphatic carbocycles. The second-order valence-electron chi connectivity index (χ2n) is 8.21. The number of rotatable bonds is 8. The lowest BCUT2D eigenvalue weighted by Crippen LogP contribution is -2.39. The van der Waals surface area contributed by atoms with Gasteiger partial charge in [0, 0.05) is 24.8 Å². The van der Waals surface area contributed by atoms with Crippen LogP contribution >= 0.6 is 0 Å². The van der Waals surface area contributed by atoms with E-state index in [2.05, 4.69) is 41.4 Å². The molecule has 0 aromatic heterocycles. The van der Waals surface area contributed by atoms with E-state index in [4.69, 9.17) is 9.47 Å². The van der Waals surface area contributed by atoms with Gasteiger partial charge in [-0.1, -0.05) is 32.0 Å². The van der Waals surface area contributed by atoms with Crippen LogP contribution in [0.25, 0.3) is 0 Å². The quantitative estimate of drug-likeness (QED) is 0.668. The Morgan fingerprint density at radius 3 is 2.60 bits per heavy atom. The largest absolute Gasteiger partial charge is 0.497 e. The predicted molar refractivity (Wildman–Crippen MR) is 121 cm³/mol. The Kier molecular flexibility index (Phi) is 7.61. The second-order valence-corrected chi connectivity index (χ2v) is 8.21. The van der Waals surface area contributed by atoms with Crippen LogP contribution in [0, 0.1) is 5.92 Å². The highest BCUT2D eigenvalue weighted by Gasteiger charge is 2.21. The summed E-state index contributed by atoms with van der Waals surface area (Å²) in [4.78, 5) is 15.2. The third-order valence-corrected chi connectivity index (χ3v) is 5.76. The maximum atomic E-state index is 12.8. The Morgan fingerprint density at radius 1 is 1.20 bits per heavy atom. The zero-order valence-corrected chi connectivity index (χ0v) is 18.6. The highest BCUT2D eigenvalue weighted by atomic mass is 16.5. The van der Waals surface area contributed by atoms with Crippen molar-refractivity contribution in [1.82, 2.24) is 5.32 Å². The summed E-state index contributed by atoms with van der Waals surface area (Å²) in [6.45, 7) is 8.51. The van der Waals surface area contributed by atoms with Gasteiger partial charge in [-0.05, 0) is 61.9 Å². The highest BCUT2D eigenvalue weighted by Crippen LogP contribution is 2.25. The molecule has 3 rings (SSSR count). The molecule has 0 bridgehead atoms. The van der Waals surface area contributed by atoms with Crippen molar-refractivity contribution < 1.29 is 14.3 Å². The van der Waals surface area contributed by atoms with Crippen molar-refractivity contribution in [3.8, 4) is 11.5 Å². The Balaban J connectivity index is 1.59. The van der Waals surface area contributed by atoms with Gasteiger partial charge >= 0.3 is 0 Å². The van der Waals surface area contributed by atoms with E-state index in [0.29, 0.717) is 17.9 Å². The number of methoxy groups -OCH3 is 1. The second kappa shape index (κ2) is 10.4. The number of ether oxygens (including phenoxy) is 2. The van der Waals surface area contributed by atoms with Gasteiger partial charge in [0.15, 0.2) is 6.10 Å². The fraction of sp³-hybridized carbons (Fsp3) is 0.480. The summed E-state index contributed by atoms with van der Waals surface area (Å²) in [5.74, 6) is 1.97. The molecule has 0 saturated carbocycles. The van der Waals surface area contributed by atoms with Crippen molar-refractivity contribution in [2.45, 2.75) is 52.2 Å². The number of benzene rings is 2. The van der Waals surface area contributed by atoms with Crippen LogP contribution in [-0.2, 0) is 4.79 Å². The van der Waals surface area contributed by atoms with Crippen LogP contribution in [0.1, 0.15) is 51.6 Å². The summed E-state index contributed by atoms with van der Waals surface area (Å²) < 4.78 is 11.1. The van der Waals surface area contributed by atoms with Gasteiger partial charge in [-0.3, -0.25) is 4.79 Å². The Hall–Kier alpha value is -2.69. The molecule has 2 aromatic carbocycles. The van der Waals surface area contributed by atoms with E-state index in [1.165, 1.54) is 18.5 Å². The maximum Gasteiger partial charge on any atom is 0.261 e. The average molecular weight is 411 g/mol. The minimum Gasteiger partial charge on any atom is -0.497 e. The van der Waals surface area contributed by atoms with Gasteiger partial charge in [0.2, 0.25) is 0 Å². The lowest BCUT2D eigenvalue weighted by Gasteiger charge is -2.33. The summed E-state index contributed by atoms with van der Waals surface area (Å²) in [5.41, 5.74) is 2.35. The van der Waals surface area contributed by atoms with Crippen LogP contribution in [0.15, 0.2) is 48.5 Å². The molecule has 30 heavy (non-hydrogen) atoms. The zero-order chi connectivity index (χ0) is 21.5. The van der Waals surface area contributed by atoms with E-state index in [9.17, 15) is 4.79 Å². The monoisotopic (exact) mass is 410 g/mol. The van der Waals surface area contributed by atoms with Crippen LogP contribution in [0.5, 0.6) is 11.5 Å². The van der Waals surface area contributed by atoms with Gasteiger partial charge in [-0.25, -0.2) is 0 Å². The molecule has 1 aliphatic rings. The molecule has 0 spiro atoms. The number of carbonyl (C=O) groups is 1. The van der Waals surface area contributed by atoms with Crippen LogP contribution in [0.3, 0.4) is 0 Å². The van der Waals surface area contributed by atoms with Crippen molar-refractivity contribution in [1.29, 1.82) is 0 Å². The summed E-state index contributed by atoms with van der Waals surface area (Å²) >= 11 is 0. The summed E-state index contributed by atoms with van der Waals surface area (Å²) in [7, 11) is 1.61. The topological polar surface area (TPSA) is 50.8 Å². The number of hydrogen-bond donors (Lipinski definition) is 1. The normalized spacial score (nSPS) is 18.4. The Labute approximate surface area is 180 Å². The molecule has 1 N–H and O–H groups in total. The number of nitrogens with zero attached hydrogens (tertiary/aromatic N) is 1. The molecule has 1 amide bonds. The van der Waals surface area contributed by atoms with Crippen molar-refractivity contribution in [3.63, 3.8) is 0 Å². The Morgan fingerprint density at radius 2 is 1.93 bits per heavy atom. The summed E-state index contributed by atoms with van der Waals surface area (Å²) in [6, 6.07) is 15.8. The molecule has 0 radical (unpaired) electrons. The standard InChI is InChI=1S/C25H34N2O3/c1-5-24(30-23-10-6-9-22(16-23)29-4)25(28)26-19(3)20-11-13-21(14-12-20)27-15-7-8-18(2)17-27/h6,9-14,16,18-19,24H,5,7-8,15,17H2,1-4H3,(H,26,28). The average Bonchev–Trinajstić information content (AvgIpc) is 2.77. The number of amides is 1. The number of hydrogen-bond acceptors (Lipinski definition) is 4. The third-order valence-electron chi connectivity index (χ3n) is 5.76. The third kappa shape index (κ3) is 5.68. The van der Waals surface area contributed by atoms with E-state index in [-0.39, 0.29) is 11.9 Å². The molecule has 5 heteroatoms. The van der Waals surface area contributed by atoms with Crippen LogP contribution in [0.2, 0.25) is 0 Å². The van der Waals surface area contributed by atoms with E-state index in [1.54, 1.807) is 13.2 Å². The fourth-order valence-corrected chi connectivity index (χ4v) is 3.95. The lowest BCUT2D eigenvalue weighted by molar-refractivity contribution is -0.128. The van der Waals surface area contributed by atoms with Gasteiger partial charge in [0.05, 0.1) is 13.2 Å². The zero-order valence-electron chi connectivity index (χ0n) is 18.6. The molecular formula is C25H34N2O3. The molecule has 1 fully saturated rings. The molecule has 1 aliphatic heterocycles. The molecule has 162 valence electrons. The minimum absolute atomic E-state index is 0.0882.